The molecule has 0 atom stereocenters. The van der Waals surface area contributed by atoms with E-state index in [9.17, 15) is 0 Å². The summed E-state index contributed by atoms with van der Waals surface area (Å²) in [4.78, 5) is 8.33. The Labute approximate surface area is 126 Å². The minimum absolute atomic E-state index is 0.512. The number of nitrogens with two attached hydrogens (primary N) is 1. The molecule has 3 N–H and O–H groups in total. The summed E-state index contributed by atoms with van der Waals surface area (Å²) < 4.78 is 6.30. The average molecular weight is 337 g/mol. The number of nitrogens with one attached hydrogen (secondary N) is 1. The maximum atomic E-state index is 5.93. The van der Waals surface area contributed by atoms with Crippen LogP contribution in [0, 0.1) is 0 Å². The first-order chi connectivity index (χ1) is 9.65. The van der Waals surface area contributed by atoms with Crippen molar-refractivity contribution in [3.05, 3.63) is 34.6 Å². The molecule has 5 nitrogen and oxygen atoms in total. The molecule has 0 saturated heterocycles. The van der Waals surface area contributed by atoms with Gasteiger partial charge in [-0.25, -0.2) is 9.97 Å². The van der Waals surface area contributed by atoms with Gasteiger partial charge in [-0.05, 0) is 24.6 Å². The lowest BCUT2D eigenvalue weighted by Gasteiger charge is -2.14. The molecule has 0 aliphatic heterocycles. The van der Waals surface area contributed by atoms with Gasteiger partial charge >= 0.3 is 0 Å². The SMILES string of the molecule is CCCc1c(N)ncnc1Nc1cc(Br)ccc1OC. The summed E-state index contributed by atoms with van der Waals surface area (Å²) in [6.07, 6.45) is 3.26. The lowest BCUT2D eigenvalue weighted by atomic mass is 10.1. The Balaban J connectivity index is 2.39. The van der Waals surface area contributed by atoms with Gasteiger partial charge in [-0.1, -0.05) is 29.3 Å². The van der Waals surface area contributed by atoms with Crippen LogP contribution in [0.3, 0.4) is 0 Å². The first-order valence-corrected chi connectivity index (χ1v) is 7.15. The van der Waals surface area contributed by atoms with E-state index in [-0.39, 0.29) is 0 Å². The molecule has 0 spiro atoms. The molecule has 0 saturated carbocycles. The van der Waals surface area contributed by atoms with Crippen LogP contribution in [-0.2, 0) is 6.42 Å². The minimum atomic E-state index is 0.512. The Morgan fingerprint density at radius 3 is 2.85 bits per heavy atom. The van der Waals surface area contributed by atoms with Gasteiger partial charge in [0.05, 0.1) is 12.8 Å². The van der Waals surface area contributed by atoms with Gasteiger partial charge in [0.25, 0.3) is 0 Å². The molecule has 2 rings (SSSR count). The highest BCUT2D eigenvalue weighted by Crippen LogP contribution is 2.32. The number of halogens is 1. The third-order valence-corrected chi connectivity index (χ3v) is 3.39. The van der Waals surface area contributed by atoms with Crippen LogP contribution >= 0.6 is 15.9 Å². The van der Waals surface area contributed by atoms with Gasteiger partial charge in [0.2, 0.25) is 0 Å². The summed E-state index contributed by atoms with van der Waals surface area (Å²) in [6, 6.07) is 5.74. The van der Waals surface area contributed by atoms with Crippen molar-refractivity contribution in [3.8, 4) is 5.75 Å². The van der Waals surface area contributed by atoms with E-state index in [1.807, 2.05) is 18.2 Å². The zero-order chi connectivity index (χ0) is 14.5. The predicted octanol–water partition coefficient (Wildman–Crippen LogP) is 3.53. The summed E-state index contributed by atoms with van der Waals surface area (Å²) in [5.74, 6) is 1.97. The molecular weight excluding hydrogens is 320 g/mol. The molecule has 0 fully saturated rings. The first-order valence-electron chi connectivity index (χ1n) is 6.35. The highest BCUT2D eigenvalue weighted by atomic mass is 79.9. The van der Waals surface area contributed by atoms with Crippen molar-refractivity contribution in [2.75, 3.05) is 18.2 Å². The van der Waals surface area contributed by atoms with Gasteiger partial charge in [-0.15, -0.1) is 0 Å². The van der Waals surface area contributed by atoms with Gasteiger partial charge in [-0.3, -0.25) is 0 Å². The topological polar surface area (TPSA) is 73.1 Å². The van der Waals surface area contributed by atoms with E-state index in [1.54, 1.807) is 7.11 Å². The Morgan fingerprint density at radius 2 is 2.15 bits per heavy atom. The third kappa shape index (κ3) is 3.19. The maximum Gasteiger partial charge on any atom is 0.142 e. The lowest BCUT2D eigenvalue weighted by Crippen LogP contribution is -2.05. The molecular formula is C14H17BrN4O. The number of nitrogen functional groups attached to an aromatic ring is 1. The fourth-order valence-corrected chi connectivity index (χ4v) is 2.30. The summed E-state index contributed by atoms with van der Waals surface area (Å²) in [7, 11) is 1.63. The van der Waals surface area contributed by atoms with Crippen LogP contribution in [0.2, 0.25) is 0 Å². The quantitative estimate of drug-likeness (QED) is 0.873. The number of aromatic nitrogens is 2. The van der Waals surface area contributed by atoms with E-state index in [1.165, 1.54) is 6.33 Å². The Kier molecular flexibility index (Phi) is 4.79. The van der Waals surface area contributed by atoms with Crippen molar-refractivity contribution in [1.82, 2.24) is 9.97 Å². The molecule has 2 aromatic rings. The monoisotopic (exact) mass is 336 g/mol. The van der Waals surface area contributed by atoms with E-state index >= 15 is 0 Å². The fourth-order valence-electron chi connectivity index (χ4n) is 1.94. The highest BCUT2D eigenvalue weighted by molar-refractivity contribution is 9.10. The Hall–Kier alpha value is -1.82. The number of nitrogens with zero attached hydrogens (tertiary/aromatic N) is 2. The highest BCUT2D eigenvalue weighted by Gasteiger charge is 2.11. The smallest absolute Gasteiger partial charge is 0.142 e. The summed E-state index contributed by atoms with van der Waals surface area (Å²) in [5, 5.41) is 3.27. The molecule has 0 aliphatic rings. The first kappa shape index (κ1) is 14.6. The molecule has 6 heteroatoms. The Morgan fingerprint density at radius 1 is 1.35 bits per heavy atom. The predicted molar refractivity (Wildman–Crippen MR) is 84.4 cm³/mol. The number of rotatable bonds is 5. The number of hydrogen-bond donors (Lipinski definition) is 2. The molecule has 0 unspecified atom stereocenters. The van der Waals surface area contributed by atoms with Gasteiger partial charge < -0.3 is 15.8 Å². The van der Waals surface area contributed by atoms with E-state index in [0.717, 1.165) is 40.1 Å². The van der Waals surface area contributed by atoms with Crippen LogP contribution in [-0.4, -0.2) is 17.1 Å². The number of ether oxygens (including phenoxy) is 1. The molecule has 0 aliphatic carbocycles. The average Bonchev–Trinajstić information content (AvgIpc) is 2.43. The zero-order valence-corrected chi connectivity index (χ0v) is 13.1. The van der Waals surface area contributed by atoms with Crippen molar-refractivity contribution in [1.29, 1.82) is 0 Å². The maximum absolute atomic E-state index is 5.93. The van der Waals surface area contributed by atoms with Crippen LogP contribution in [0.5, 0.6) is 5.75 Å². The lowest BCUT2D eigenvalue weighted by molar-refractivity contribution is 0.416. The molecule has 20 heavy (non-hydrogen) atoms. The standard InChI is InChI=1S/C14H17BrN4O/c1-3-4-10-13(16)17-8-18-14(10)19-11-7-9(15)5-6-12(11)20-2/h5-8H,3-4H2,1-2H3,(H3,16,17,18,19). The van der Waals surface area contributed by atoms with Crippen LogP contribution in [0.4, 0.5) is 17.3 Å². The summed E-state index contributed by atoms with van der Waals surface area (Å²) in [6.45, 7) is 2.09. The van der Waals surface area contributed by atoms with E-state index < -0.39 is 0 Å². The number of methoxy groups -OCH3 is 1. The second kappa shape index (κ2) is 6.56. The molecule has 0 radical (unpaired) electrons. The van der Waals surface area contributed by atoms with Crippen molar-refractivity contribution >= 4 is 33.3 Å². The van der Waals surface area contributed by atoms with E-state index in [4.69, 9.17) is 10.5 Å². The second-order valence-electron chi connectivity index (χ2n) is 4.31. The normalized spacial score (nSPS) is 10.3. The third-order valence-electron chi connectivity index (χ3n) is 2.89. The Bertz CT molecular complexity index is 604. The van der Waals surface area contributed by atoms with Crippen LogP contribution in [0.15, 0.2) is 29.0 Å². The fraction of sp³-hybridized carbons (Fsp3) is 0.286. The van der Waals surface area contributed by atoms with E-state index in [0.29, 0.717) is 5.82 Å². The minimum Gasteiger partial charge on any atom is -0.495 e. The number of anilines is 3. The van der Waals surface area contributed by atoms with Gasteiger partial charge in [0.1, 0.15) is 23.7 Å². The van der Waals surface area contributed by atoms with Gasteiger partial charge in [0.15, 0.2) is 0 Å². The number of hydrogen-bond acceptors (Lipinski definition) is 5. The number of benzene rings is 1. The summed E-state index contributed by atoms with van der Waals surface area (Å²) in [5.41, 5.74) is 7.69. The van der Waals surface area contributed by atoms with Crippen molar-refractivity contribution < 1.29 is 4.74 Å². The summed E-state index contributed by atoms with van der Waals surface area (Å²) >= 11 is 3.45. The molecule has 1 aromatic heterocycles. The molecule has 0 amide bonds. The van der Waals surface area contributed by atoms with Crippen molar-refractivity contribution in [3.63, 3.8) is 0 Å². The van der Waals surface area contributed by atoms with Crippen LogP contribution in [0.25, 0.3) is 0 Å². The molecule has 1 aromatic carbocycles. The van der Waals surface area contributed by atoms with Crippen LogP contribution in [0.1, 0.15) is 18.9 Å². The van der Waals surface area contributed by atoms with Crippen molar-refractivity contribution in [2.45, 2.75) is 19.8 Å². The zero-order valence-electron chi connectivity index (χ0n) is 11.5. The molecule has 0 bridgehead atoms. The van der Waals surface area contributed by atoms with E-state index in [2.05, 4.69) is 38.1 Å². The molecule has 106 valence electrons. The second-order valence-corrected chi connectivity index (χ2v) is 5.22. The van der Waals surface area contributed by atoms with Gasteiger partial charge in [0, 0.05) is 10.0 Å². The van der Waals surface area contributed by atoms with Gasteiger partial charge in [-0.2, -0.15) is 0 Å². The largest absolute Gasteiger partial charge is 0.495 e. The van der Waals surface area contributed by atoms with Crippen molar-refractivity contribution in [2.24, 2.45) is 0 Å². The molecule has 1 heterocycles. The van der Waals surface area contributed by atoms with Crippen LogP contribution < -0.4 is 15.8 Å².